The van der Waals surface area contributed by atoms with E-state index in [0.717, 1.165) is 32.5 Å². The molecule has 0 saturated heterocycles. The lowest BCUT2D eigenvalue weighted by Gasteiger charge is -2.26. The van der Waals surface area contributed by atoms with Crippen LogP contribution in [0.1, 0.15) is 62.9 Å². The number of nitrogens with zero attached hydrogens (tertiary/aromatic N) is 2. The molecule has 0 aliphatic carbocycles. The number of benzene rings is 2. The summed E-state index contributed by atoms with van der Waals surface area (Å²) in [6.07, 6.45) is 3.71. The summed E-state index contributed by atoms with van der Waals surface area (Å²) in [4.78, 5) is 2.37. The molecule has 3 nitrogen and oxygen atoms in total. The molecule has 0 spiro atoms. The third-order valence-electron chi connectivity index (χ3n) is 5.82. The molecule has 0 saturated carbocycles. The second kappa shape index (κ2) is 10.8. The van der Waals surface area contributed by atoms with E-state index in [1.54, 1.807) is 0 Å². The number of aliphatic hydroxyl groups excluding tert-OH is 1. The summed E-state index contributed by atoms with van der Waals surface area (Å²) >= 11 is 0. The van der Waals surface area contributed by atoms with E-state index in [9.17, 15) is 5.11 Å². The highest BCUT2D eigenvalue weighted by Gasteiger charge is 2.15. The van der Waals surface area contributed by atoms with Crippen LogP contribution in [0.4, 0.5) is 0 Å². The summed E-state index contributed by atoms with van der Waals surface area (Å²) < 4.78 is 2.33. The third-order valence-corrected chi connectivity index (χ3v) is 5.82. The quantitative estimate of drug-likeness (QED) is 0.437. The average molecular weight is 419 g/mol. The van der Waals surface area contributed by atoms with Gasteiger partial charge >= 0.3 is 0 Å². The summed E-state index contributed by atoms with van der Waals surface area (Å²) in [5.74, 6) is 0. The van der Waals surface area contributed by atoms with Crippen LogP contribution in [0.15, 0.2) is 72.9 Å². The van der Waals surface area contributed by atoms with E-state index in [2.05, 4.69) is 110 Å². The molecule has 3 rings (SSSR count). The Morgan fingerprint density at radius 3 is 2.23 bits per heavy atom. The molecule has 1 atom stereocenters. The third kappa shape index (κ3) is 7.09. The van der Waals surface area contributed by atoms with Crippen molar-refractivity contribution >= 4 is 0 Å². The Kier molecular flexibility index (Phi) is 8.11. The lowest BCUT2D eigenvalue weighted by Crippen LogP contribution is -2.32. The van der Waals surface area contributed by atoms with Crippen LogP contribution in [0.25, 0.3) is 0 Å². The van der Waals surface area contributed by atoms with E-state index in [4.69, 9.17) is 0 Å². The SMILES string of the molecule is CCCC(O)CN(Cc1ccccc1)Cc1cccn1Cc1ccc(C(C)(C)C)cc1. The Labute approximate surface area is 188 Å². The topological polar surface area (TPSA) is 28.4 Å². The summed E-state index contributed by atoms with van der Waals surface area (Å²) in [6.45, 7) is 12.1. The first kappa shape index (κ1) is 23.3. The first-order valence-electron chi connectivity index (χ1n) is 11.5. The Bertz CT molecular complexity index is 906. The molecule has 1 N–H and O–H groups in total. The lowest BCUT2D eigenvalue weighted by molar-refractivity contribution is 0.0958. The molecule has 1 unspecified atom stereocenters. The smallest absolute Gasteiger partial charge is 0.0667 e. The molecule has 0 aliphatic heterocycles. The average Bonchev–Trinajstić information content (AvgIpc) is 3.15. The van der Waals surface area contributed by atoms with Crippen molar-refractivity contribution in [3.05, 3.63) is 95.3 Å². The van der Waals surface area contributed by atoms with Crippen LogP contribution in [-0.2, 0) is 25.0 Å². The van der Waals surface area contributed by atoms with E-state index in [1.165, 1.54) is 22.4 Å². The van der Waals surface area contributed by atoms with Gasteiger partial charge in [0, 0.05) is 38.1 Å². The molecule has 0 fully saturated rings. The molecule has 166 valence electrons. The van der Waals surface area contributed by atoms with Crippen molar-refractivity contribution in [3.63, 3.8) is 0 Å². The van der Waals surface area contributed by atoms with Gasteiger partial charge in [0.2, 0.25) is 0 Å². The predicted octanol–water partition coefficient (Wildman–Crippen LogP) is 6.00. The van der Waals surface area contributed by atoms with Crippen LogP contribution < -0.4 is 0 Å². The Balaban J connectivity index is 1.72. The van der Waals surface area contributed by atoms with E-state index in [-0.39, 0.29) is 11.5 Å². The van der Waals surface area contributed by atoms with Crippen LogP contribution in [0.5, 0.6) is 0 Å². The van der Waals surface area contributed by atoms with Crippen LogP contribution in [-0.4, -0.2) is 27.2 Å². The van der Waals surface area contributed by atoms with Crippen molar-refractivity contribution in [2.75, 3.05) is 6.54 Å². The molecule has 3 heteroatoms. The van der Waals surface area contributed by atoms with Crippen molar-refractivity contribution in [1.29, 1.82) is 0 Å². The Morgan fingerprint density at radius 1 is 0.871 bits per heavy atom. The zero-order valence-electron chi connectivity index (χ0n) is 19.6. The van der Waals surface area contributed by atoms with Crippen LogP contribution in [0.3, 0.4) is 0 Å². The molecule has 3 aromatic rings. The van der Waals surface area contributed by atoms with Crippen LogP contribution in [0, 0.1) is 0 Å². The van der Waals surface area contributed by atoms with Gasteiger partial charge in [-0.3, -0.25) is 4.90 Å². The van der Waals surface area contributed by atoms with E-state index in [0.29, 0.717) is 6.54 Å². The van der Waals surface area contributed by atoms with Crippen molar-refractivity contribution in [3.8, 4) is 0 Å². The van der Waals surface area contributed by atoms with Gasteiger partial charge in [-0.25, -0.2) is 0 Å². The minimum absolute atomic E-state index is 0.175. The van der Waals surface area contributed by atoms with Crippen LogP contribution >= 0.6 is 0 Å². The maximum Gasteiger partial charge on any atom is 0.0667 e. The molecule has 0 bridgehead atoms. The molecule has 1 aromatic heterocycles. The van der Waals surface area contributed by atoms with Crippen LogP contribution in [0.2, 0.25) is 0 Å². The largest absolute Gasteiger partial charge is 0.392 e. The summed E-state index contributed by atoms with van der Waals surface area (Å²) in [5.41, 5.74) is 5.41. The normalized spacial score (nSPS) is 13.0. The number of aromatic nitrogens is 1. The van der Waals surface area contributed by atoms with Gasteiger partial charge in [0.05, 0.1) is 6.10 Å². The highest BCUT2D eigenvalue weighted by atomic mass is 16.3. The molecule has 1 heterocycles. The van der Waals surface area contributed by atoms with Crippen molar-refractivity contribution in [1.82, 2.24) is 9.47 Å². The monoisotopic (exact) mass is 418 g/mol. The molecule has 0 aliphatic rings. The van der Waals surface area contributed by atoms with Gasteiger partial charge in [-0.05, 0) is 40.7 Å². The minimum atomic E-state index is -0.290. The van der Waals surface area contributed by atoms with Crippen molar-refractivity contribution in [2.24, 2.45) is 0 Å². The Hall–Kier alpha value is -2.36. The standard InChI is InChI=1S/C28H38N2O/c1-5-10-27(31)22-29(19-23-11-7-6-8-12-23)21-26-13-9-18-30(26)20-24-14-16-25(17-15-24)28(2,3)4/h6-9,11-18,27,31H,5,10,19-22H2,1-4H3. The molecule has 0 radical (unpaired) electrons. The maximum atomic E-state index is 10.5. The van der Waals surface area contributed by atoms with Crippen molar-refractivity contribution in [2.45, 2.75) is 71.7 Å². The zero-order chi connectivity index (χ0) is 22.3. The summed E-state index contributed by atoms with van der Waals surface area (Å²) in [7, 11) is 0. The number of hydrogen-bond acceptors (Lipinski definition) is 2. The van der Waals surface area contributed by atoms with Gasteiger partial charge in [0.25, 0.3) is 0 Å². The fourth-order valence-electron chi connectivity index (χ4n) is 4.03. The second-order valence-electron chi connectivity index (χ2n) is 9.67. The fourth-order valence-corrected chi connectivity index (χ4v) is 4.03. The second-order valence-corrected chi connectivity index (χ2v) is 9.67. The van der Waals surface area contributed by atoms with Gasteiger partial charge in [-0.15, -0.1) is 0 Å². The highest BCUT2D eigenvalue weighted by molar-refractivity contribution is 5.28. The Morgan fingerprint density at radius 2 is 1.58 bits per heavy atom. The van der Waals surface area contributed by atoms with Gasteiger partial charge < -0.3 is 9.67 Å². The number of aliphatic hydroxyl groups is 1. The van der Waals surface area contributed by atoms with Crippen molar-refractivity contribution < 1.29 is 5.11 Å². The number of rotatable bonds is 10. The highest BCUT2D eigenvalue weighted by Crippen LogP contribution is 2.23. The summed E-state index contributed by atoms with van der Waals surface area (Å²) in [6, 6.07) is 23.9. The molecular formula is C28H38N2O. The van der Waals surface area contributed by atoms with Gasteiger partial charge in [-0.1, -0.05) is 88.7 Å². The first-order chi connectivity index (χ1) is 14.8. The molecular weight excluding hydrogens is 380 g/mol. The molecule has 0 amide bonds. The molecule has 31 heavy (non-hydrogen) atoms. The fraction of sp³-hybridized carbons (Fsp3) is 0.429. The first-order valence-corrected chi connectivity index (χ1v) is 11.5. The minimum Gasteiger partial charge on any atom is -0.392 e. The molecule has 2 aromatic carbocycles. The van der Waals surface area contributed by atoms with E-state index in [1.807, 2.05) is 0 Å². The zero-order valence-corrected chi connectivity index (χ0v) is 19.6. The summed E-state index contributed by atoms with van der Waals surface area (Å²) in [5, 5.41) is 10.5. The van der Waals surface area contributed by atoms with Gasteiger partial charge in [0.1, 0.15) is 0 Å². The van der Waals surface area contributed by atoms with E-state index >= 15 is 0 Å². The van der Waals surface area contributed by atoms with Gasteiger partial charge in [-0.2, -0.15) is 0 Å². The maximum absolute atomic E-state index is 10.5. The lowest BCUT2D eigenvalue weighted by atomic mass is 9.87. The van der Waals surface area contributed by atoms with E-state index < -0.39 is 0 Å². The number of hydrogen-bond donors (Lipinski definition) is 1. The predicted molar refractivity (Wildman–Crippen MR) is 130 cm³/mol. The van der Waals surface area contributed by atoms with Gasteiger partial charge in [0.15, 0.2) is 0 Å².